The molecule has 0 saturated heterocycles. The summed E-state index contributed by atoms with van der Waals surface area (Å²) >= 11 is 0. The molecule has 0 spiro atoms. The van der Waals surface area contributed by atoms with Crippen molar-refractivity contribution in [2.24, 2.45) is 0 Å². The van der Waals surface area contributed by atoms with Crippen molar-refractivity contribution < 1.29 is 9.53 Å². The molecule has 0 atom stereocenters. The molecule has 0 fully saturated rings. The lowest BCUT2D eigenvalue weighted by molar-refractivity contribution is 0.0827. The molecule has 0 aliphatic carbocycles. The van der Waals surface area contributed by atoms with E-state index in [1.165, 1.54) is 0 Å². The fraction of sp³-hybridized carbons (Fsp3) is 0.417. The number of ether oxygens (including phenoxy) is 1. The highest BCUT2D eigenvalue weighted by Gasteiger charge is 2.08. The zero-order chi connectivity index (χ0) is 11.3. The molecule has 0 saturated carbocycles. The topological polar surface area (TPSA) is 29.5 Å². The van der Waals surface area contributed by atoms with Crippen LogP contribution in [0.2, 0.25) is 0 Å². The van der Waals surface area contributed by atoms with E-state index in [1.54, 1.807) is 31.1 Å². The molecule has 0 aliphatic heterocycles. The van der Waals surface area contributed by atoms with Gasteiger partial charge in [0.1, 0.15) is 5.75 Å². The van der Waals surface area contributed by atoms with Gasteiger partial charge in [0.2, 0.25) is 0 Å². The Kier molecular flexibility index (Phi) is 4.16. The van der Waals surface area contributed by atoms with Gasteiger partial charge in [-0.3, -0.25) is 4.79 Å². The third-order valence-corrected chi connectivity index (χ3v) is 1.96. The van der Waals surface area contributed by atoms with E-state index >= 15 is 0 Å². The van der Waals surface area contributed by atoms with Gasteiger partial charge < -0.3 is 9.64 Å². The Labute approximate surface area is 90.7 Å². The molecule has 3 nitrogen and oxygen atoms in total. The van der Waals surface area contributed by atoms with Crippen molar-refractivity contribution >= 4 is 5.91 Å². The third-order valence-electron chi connectivity index (χ3n) is 1.96. The molecule has 1 amide bonds. The van der Waals surface area contributed by atoms with Gasteiger partial charge in [0.25, 0.3) is 5.91 Å². The van der Waals surface area contributed by atoms with Crippen LogP contribution in [0.25, 0.3) is 0 Å². The van der Waals surface area contributed by atoms with Gasteiger partial charge in [-0.2, -0.15) is 0 Å². The number of amides is 1. The lowest BCUT2D eigenvalue weighted by Crippen LogP contribution is -2.21. The van der Waals surface area contributed by atoms with Gasteiger partial charge in [-0.05, 0) is 24.6 Å². The quantitative estimate of drug-likeness (QED) is 0.757. The number of rotatable bonds is 4. The number of carbonyl (C=O) groups excluding carboxylic acids is 1. The largest absolute Gasteiger partial charge is 0.494 e. The first-order valence-corrected chi connectivity index (χ1v) is 5.09. The molecule has 0 unspecified atom stereocenters. The highest BCUT2D eigenvalue weighted by atomic mass is 16.5. The van der Waals surface area contributed by atoms with Gasteiger partial charge in [-0.15, -0.1) is 0 Å². The first kappa shape index (κ1) is 11.6. The molecule has 1 rings (SSSR count). The van der Waals surface area contributed by atoms with Gasteiger partial charge in [0.15, 0.2) is 0 Å². The van der Waals surface area contributed by atoms with Crippen molar-refractivity contribution in [3.05, 3.63) is 29.8 Å². The highest BCUT2D eigenvalue weighted by molar-refractivity contribution is 5.94. The highest BCUT2D eigenvalue weighted by Crippen LogP contribution is 2.14. The third kappa shape index (κ3) is 3.27. The second kappa shape index (κ2) is 5.39. The van der Waals surface area contributed by atoms with Crippen LogP contribution in [0.3, 0.4) is 0 Å². The predicted octanol–water partition coefficient (Wildman–Crippen LogP) is 2.18. The summed E-state index contributed by atoms with van der Waals surface area (Å²) in [5, 5.41) is 0. The summed E-state index contributed by atoms with van der Waals surface area (Å²) in [7, 11) is 3.48. The van der Waals surface area contributed by atoms with Crippen LogP contribution in [0.15, 0.2) is 24.3 Å². The monoisotopic (exact) mass is 207 g/mol. The Morgan fingerprint density at radius 2 is 2.13 bits per heavy atom. The lowest BCUT2D eigenvalue weighted by atomic mass is 10.2. The average Bonchev–Trinajstić information content (AvgIpc) is 2.25. The van der Waals surface area contributed by atoms with Gasteiger partial charge >= 0.3 is 0 Å². The second-order valence-electron chi connectivity index (χ2n) is 3.58. The number of hydrogen-bond donors (Lipinski definition) is 0. The minimum absolute atomic E-state index is 0.00283. The molecule has 3 heteroatoms. The summed E-state index contributed by atoms with van der Waals surface area (Å²) in [6.07, 6.45) is 0.964. The van der Waals surface area contributed by atoms with Crippen LogP contribution in [-0.2, 0) is 0 Å². The smallest absolute Gasteiger partial charge is 0.253 e. The van der Waals surface area contributed by atoms with Crippen molar-refractivity contribution in [2.75, 3.05) is 20.7 Å². The molecule has 0 aromatic heterocycles. The first-order chi connectivity index (χ1) is 7.15. The normalized spacial score (nSPS) is 9.80. The number of carbonyl (C=O) groups is 1. The fourth-order valence-corrected chi connectivity index (χ4v) is 1.20. The zero-order valence-corrected chi connectivity index (χ0v) is 9.49. The van der Waals surface area contributed by atoms with Crippen LogP contribution >= 0.6 is 0 Å². The van der Waals surface area contributed by atoms with Crippen LogP contribution in [0.5, 0.6) is 5.75 Å². The van der Waals surface area contributed by atoms with Gasteiger partial charge in [0.05, 0.1) is 6.61 Å². The minimum Gasteiger partial charge on any atom is -0.494 e. The van der Waals surface area contributed by atoms with Crippen LogP contribution in [0, 0.1) is 0 Å². The number of benzene rings is 1. The summed E-state index contributed by atoms with van der Waals surface area (Å²) in [5.74, 6) is 0.751. The SMILES string of the molecule is CCCOc1cccc(C(=O)N(C)C)c1. The molecule has 82 valence electrons. The fourth-order valence-electron chi connectivity index (χ4n) is 1.20. The zero-order valence-electron chi connectivity index (χ0n) is 9.49. The molecule has 0 heterocycles. The van der Waals surface area contributed by atoms with Crippen molar-refractivity contribution in [3.8, 4) is 5.75 Å². The van der Waals surface area contributed by atoms with Gasteiger partial charge in [-0.1, -0.05) is 13.0 Å². The number of nitrogens with zero attached hydrogens (tertiary/aromatic N) is 1. The summed E-state index contributed by atoms with van der Waals surface area (Å²) in [4.78, 5) is 13.2. The van der Waals surface area contributed by atoms with Crippen LogP contribution in [0.4, 0.5) is 0 Å². The Balaban J connectivity index is 2.78. The Bertz CT molecular complexity index is 334. The van der Waals surface area contributed by atoms with Crippen molar-refractivity contribution in [3.63, 3.8) is 0 Å². The summed E-state index contributed by atoms with van der Waals surface area (Å²) in [6.45, 7) is 2.73. The second-order valence-corrected chi connectivity index (χ2v) is 3.58. The van der Waals surface area contributed by atoms with E-state index in [1.807, 2.05) is 12.1 Å². The van der Waals surface area contributed by atoms with Crippen LogP contribution in [-0.4, -0.2) is 31.5 Å². The van der Waals surface area contributed by atoms with Crippen molar-refractivity contribution in [2.45, 2.75) is 13.3 Å². The number of hydrogen-bond acceptors (Lipinski definition) is 2. The summed E-state index contributed by atoms with van der Waals surface area (Å²) in [5.41, 5.74) is 0.661. The van der Waals surface area contributed by atoms with E-state index in [2.05, 4.69) is 6.92 Å². The Hall–Kier alpha value is -1.51. The lowest BCUT2D eigenvalue weighted by Gasteiger charge is -2.11. The van der Waals surface area contributed by atoms with E-state index in [0.29, 0.717) is 12.2 Å². The molecule has 0 N–H and O–H groups in total. The molecule has 1 aromatic rings. The standard InChI is InChI=1S/C12H17NO2/c1-4-8-15-11-7-5-6-10(9-11)12(14)13(2)3/h5-7,9H,4,8H2,1-3H3. The summed E-state index contributed by atoms with van der Waals surface area (Å²) in [6, 6.07) is 7.27. The first-order valence-electron chi connectivity index (χ1n) is 5.09. The predicted molar refractivity (Wildman–Crippen MR) is 60.2 cm³/mol. The molecule has 0 radical (unpaired) electrons. The van der Waals surface area contributed by atoms with Gasteiger partial charge in [0, 0.05) is 19.7 Å². The molecule has 15 heavy (non-hydrogen) atoms. The summed E-state index contributed by atoms with van der Waals surface area (Å²) < 4.78 is 5.45. The molecular weight excluding hydrogens is 190 g/mol. The van der Waals surface area contributed by atoms with Gasteiger partial charge in [-0.25, -0.2) is 0 Å². The molecular formula is C12H17NO2. The van der Waals surface area contributed by atoms with E-state index < -0.39 is 0 Å². The van der Waals surface area contributed by atoms with Crippen LogP contribution in [0.1, 0.15) is 23.7 Å². The van der Waals surface area contributed by atoms with E-state index in [4.69, 9.17) is 4.74 Å². The van der Waals surface area contributed by atoms with Crippen LogP contribution < -0.4 is 4.74 Å². The van der Waals surface area contributed by atoms with E-state index in [0.717, 1.165) is 12.2 Å². The van der Waals surface area contributed by atoms with Crippen molar-refractivity contribution in [1.29, 1.82) is 0 Å². The maximum absolute atomic E-state index is 11.6. The Morgan fingerprint density at radius 1 is 1.40 bits per heavy atom. The minimum atomic E-state index is -0.00283. The van der Waals surface area contributed by atoms with E-state index in [-0.39, 0.29) is 5.91 Å². The maximum Gasteiger partial charge on any atom is 0.253 e. The average molecular weight is 207 g/mol. The maximum atomic E-state index is 11.6. The molecule has 0 aliphatic rings. The van der Waals surface area contributed by atoms with Crippen molar-refractivity contribution in [1.82, 2.24) is 4.90 Å². The molecule has 0 bridgehead atoms. The van der Waals surface area contributed by atoms with E-state index in [9.17, 15) is 4.79 Å². The molecule has 1 aromatic carbocycles. The Morgan fingerprint density at radius 3 is 2.73 bits per heavy atom.